The molecule has 2 aromatic rings. The first-order chi connectivity index (χ1) is 13.3. The van der Waals surface area contributed by atoms with Crippen LogP contribution < -0.4 is 15.8 Å². The standard InChI is InChI=1S/C19H23N3O4S2/c1-12(23)21-13-8-10-14(11-9-13)28(25,26)22-19-17(18(20)24)15-6-4-2-3-5-7-16(15)27-19/h8-11,22H,2-7H2,1H3,(H2,20,24)(H,21,23). The molecule has 1 aliphatic rings. The summed E-state index contributed by atoms with van der Waals surface area (Å²) < 4.78 is 28.2. The highest BCUT2D eigenvalue weighted by Crippen LogP contribution is 2.38. The maximum absolute atomic E-state index is 12.8. The Balaban J connectivity index is 1.92. The highest BCUT2D eigenvalue weighted by molar-refractivity contribution is 7.93. The quantitative estimate of drug-likeness (QED) is 0.686. The molecule has 0 aliphatic heterocycles. The van der Waals surface area contributed by atoms with Gasteiger partial charge in [-0.05, 0) is 55.5 Å². The van der Waals surface area contributed by atoms with Crippen LogP contribution in [0.25, 0.3) is 0 Å². The Kier molecular flexibility index (Phi) is 6.04. The van der Waals surface area contributed by atoms with E-state index in [0.29, 0.717) is 11.3 Å². The van der Waals surface area contributed by atoms with E-state index in [1.807, 2.05) is 0 Å². The first kappa shape index (κ1) is 20.3. The Bertz CT molecular complexity index is 995. The number of thiophene rings is 1. The third-order valence-corrected chi connectivity index (χ3v) is 7.33. The monoisotopic (exact) mass is 421 g/mol. The van der Waals surface area contributed by atoms with Crippen LogP contribution in [0.2, 0.25) is 0 Å². The van der Waals surface area contributed by atoms with Gasteiger partial charge in [-0.1, -0.05) is 12.8 Å². The molecule has 1 aromatic heterocycles. The van der Waals surface area contributed by atoms with Gasteiger partial charge in [-0.3, -0.25) is 14.3 Å². The van der Waals surface area contributed by atoms with Crippen LogP contribution in [0.1, 0.15) is 53.4 Å². The smallest absolute Gasteiger partial charge is 0.262 e. The van der Waals surface area contributed by atoms with E-state index < -0.39 is 15.9 Å². The van der Waals surface area contributed by atoms with E-state index in [1.54, 1.807) is 0 Å². The molecule has 2 amide bonds. The van der Waals surface area contributed by atoms with Crippen LogP contribution in [0.4, 0.5) is 10.7 Å². The molecule has 0 fully saturated rings. The van der Waals surface area contributed by atoms with Gasteiger partial charge in [-0.2, -0.15) is 0 Å². The van der Waals surface area contributed by atoms with Crippen LogP contribution in [0.15, 0.2) is 29.2 Å². The van der Waals surface area contributed by atoms with E-state index in [2.05, 4.69) is 10.0 Å². The van der Waals surface area contributed by atoms with Gasteiger partial charge >= 0.3 is 0 Å². The zero-order valence-electron chi connectivity index (χ0n) is 15.6. The summed E-state index contributed by atoms with van der Waals surface area (Å²) in [6.07, 6.45) is 5.76. The minimum absolute atomic E-state index is 0.0397. The van der Waals surface area contributed by atoms with Crippen molar-refractivity contribution < 1.29 is 18.0 Å². The Morgan fingerprint density at radius 1 is 1.04 bits per heavy atom. The number of amides is 2. The van der Waals surface area contributed by atoms with Crippen LogP contribution in [0.3, 0.4) is 0 Å². The van der Waals surface area contributed by atoms with E-state index in [0.717, 1.165) is 49.0 Å². The number of nitrogens with one attached hydrogen (secondary N) is 2. The van der Waals surface area contributed by atoms with Gasteiger partial charge in [0.15, 0.2) is 0 Å². The molecule has 0 spiro atoms. The van der Waals surface area contributed by atoms with E-state index in [-0.39, 0.29) is 15.8 Å². The summed E-state index contributed by atoms with van der Waals surface area (Å²) in [5.41, 5.74) is 7.27. The van der Waals surface area contributed by atoms with Crippen molar-refractivity contribution in [2.75, 3.05) is 10.0 Å². The van der Waals surface area contributed by atoms with E-state index in [1.165, 1.54) is 42.5 Å². The average molecular weight is 422 g/mol. The highest BCUT2D eigenvalue weighted by atomic mass is 32.2. The minimum Gasteiger partial charge on any atom is -0.365 e. The van der Waals surface area contributed by atoms with E-state index in [9.17, 15) is 18.0 Å². The van der Waals surface area contributed by atoms with Crippen LogP contribution in [0.5, 0.6) is 0 Å². The molecule has 9 heteroatoms. The summed E-state index contributed by atoms with van der Waals surface area (Å²) in [6.45, 7) is 1.38. The fraction of sp³-hybridized carbons (Fsp3) is 0.368. The van der Waals surface area contributed by atoms with Crippen molar-refractivity contribution in [1.82, 2.24) is 0 Å². The lowest BCUT2D eigenvalue weighted by molar-refractivity contribution is -0.114. The number of rotatable bonds is 5. The van der Waals surface area contributed by atoms with Gasteiger partial charge in [-0.15, -0.1) is 11.3 Å². The number of benzene rings is 1. The molecule has 1 aliphatic carbocycles. The molecule has 7 nitrogen and oxygen atoms in total. The fourth-order valence-electron chi connectivity index (χ4n) is 3.35. The Labute approximate surface area is 168 Å². The molecule has 0 unspecified atom stereocenters. The molecule has 0 saturated heterocycles. The number of carbonyl (C=O) groups excluding carboxylic acids is 2. The van der Waals surface area contributed by atoms with Gasteiger partial charge in [0.25, 0.3) is 15.9 Å². The van der Waals surface area contributed by atoms with Crippen molar-refractivity contribution in [1.29, 1.82) is 0 Å². The zero-order valence-corrected chi connectivity index (χ0v) is 17.2. The molecular weight excluding hydrogens is 398 g/mol. The predicted molar refractivity (Wildman–Crippen MR) is 110 cm³/mol. The molecule has 0 bridgehead atoms. The average Bonchev–Trinajstić information content (AvgIpc) is 2.90. The van der Waals surface area contributed by atoms with Crippen molar-refractivity contribution in [3.8, 4) is 0 Å². The van der Waals surface area contributed by atoms with Crippen LogP contribution >= 0.6 is 11.3 Å². The lowest BCUT2D eigenvalue weighted by Crippen LogP contribution is -2.18. The number of aryl methyl sites for hydroxylation is 1. The van der Waals surface area contributed by atoms with Crippen LogP contribution in [-0.2, 0) is 27.7 Å². The Hall–Kier alpha value is -2.39. The first-order valence-electron chi connectivity index (χ1n) is 9.13. The molecule has 28 heavy (non-hydrogen) atoms. The second-order valence-electron chi connectivity index (χ2n) is 6.80. The summed E-state index contributed by atoms with van der Waals surface area (Å²) in [5.74, 6) is -0.854. The second kappa shape index (κ2) is 8.32. The van der Waals surface area contributed by atoms with Crippen LogP contribution in [-0.4, -0.2) is 20.2 Å². The number of carbonyl (C=O) groups is 2. The predicted octanol–water partition coefficient (Wildman–Crippen LogP) is 3.27. The normalized spacial score (nSPS) is 14.5. The number of hydrogen-bond acceptors (Lipinski definition) is 5. The molecule has 150 valence electrons. The number of anilines is 2. The lowest BCUT2D eigenvalue weighted by Gasteiger charge is -2.11. The molecule has 1 heterocycles. The Morgan fingerprint density at radius 2 is 1.68 bits per heavy atom. The van der Waals surface area contributed by atoms with Gasteiger partial charge in [0.1, 0.15) is 5.00 Å². The van der Waals surface area contributed by atoms with Crippen molar-refractivity contribution in [3.05, 3.63) is 40.3 Å². The van der Waals surface area contributed by atoms with Gasteiger partial charge in [-0.25, -0.2) is 8.42 Å². The van der Waals surface area contributed by atoms with Crippen molar-refractivity contribution >= 4 is 43.9 Å². The summed E-state index contributed by atoms with van der Waals surface area (Å²) in [5, 5.41) is 2.87. The third kappa shape index (κ3) is 4.53. The maximum atomic E-state index is 12.8. The number of primary amides is 1. The first-order valence-corrected chi connectivity index (χ1v) is 11.4. The van der Waals surface area contributed by atoms with Gasteiger partial charge in [0, 0.05) is 17.5 Å². The molecule has 4 N–H and O–H groups in total. The zero-order chi connectivity index (χ0) is 20.3. The highest BCUT2D eigenvalue weighted by Gasteiger charge is 2.26. The van der Waals surface area contributed by atoms with Crippen molar-refractivity contribution in [2.45, 2.75) is 50.3 Å². The summed E-state index contributed by atoms with van der Waals surface area (Å²) in [4.78, 5) is 24.2. The topological polar surface area (TPSA) is 118 Å². The summed E-state index contributed by atoms with van der Waals surface area (Å²) in [7, 11) is -3.89. The molecule has 0 saturated carbocycles. The number of sulfonamides is 1. The second-order valence-corrected chi connectivity index (χ2v) is 9.59. The van der Waals surface area contributed by atoms with Crippen molar-refractivity contribution in [3.63, 3.8) is 0 Å². The number of hydrogen-bond donors (Lipinski definition) is 3. The Morgan fingerprint density at radius 3 is 2.29 bits per heavy atom. The largest absolute Gasteiger partial charge is 0.365 e. The van der Waals surface area contributed by atoms with E-state index >= 15 is 0 Å². The SMILES string of the molecule is CC(=O)Nc1ccc(S(=O)(=O)Nc2sc3c(c2C(N)=O)CCCCCC3)cc1. The third-order valence-electron chi connectivity index (χ3n) is 4.63. The van der Waals surface area contributed by atoms with Gasteiger partial charge in [0.05, 0.1) is 10.5 Å². The van der Waals surface area contributed by atoms with Crippen LogP contribution in [0, 0.1) is 0 Å². The van der Waals surface area contributed by atoms with E-state index in [4.69, 9.17) is 5.73 Å². The molecule has 0 atom stereocenters. The lowest BCUT2D eigenvalue weighted by atomic mass is 9.96. The summed E-state index contributed by atoms with van der Waals surface area (Å²) in [6, 6.07) is 5.83. The maximum Gasteiger partial charge on any atom is 0.262 e. The van der Waals surface area contributed by atoms with Gasteiger partial charge < -0.3 is 11.1 Å². The fourth-order valence-corrected chi connectivity index (χ4v) is 5.95. The molecular formula is C19H23N3O4S2. The molecule has 1 aromatic carbocycles. The number of fused-ring (bicyclic) bond motifs is 1. The minimum atomic E-state index is -3.89. The van der Waals surface area contributed by atoms with Gasteiger partial charge in [0.2, 0.25) is 5.91 Å². The molecule has 0 radical (unpaired) electrons. The summed E-state index contributed by atoms with van der Waals surface area (Å²) >= 11 is 1.30. The van der Waals surface area contributed by atoms with Crippen molar-refractivity contribution in [2.24, 2.45) is 5.73 Å². The molecule has 3 rings (SSSR count). The number of nitrogens with two attached hydrogens (primary N) is 1.